The molecular weight excluding hydrogens is 353 g/mol. The lowest BCUT2D eigenvalue weighted by Gasteiger charge is -2.43. The number of nitrogens with zero attached hydrogens (tertiary/aromatic N) is 1. The fourth-order valence-corrected chi connectivity index (χ4v) is 2.83. The van der Waals surface area contributed by atoms with Gasteiger partial charge in [0.15, 0.2) is 5.78 Å². The lowest BCUT2D eigenvalue weighted by Crippen LogP contribution is -2.57. The normalized spacial score (nSPS) is 28.5. The van der Waals surface area contributed by atoms with Gasteiger partial charge in [-0.3, -0.25) is 9.69 Å². The van der Waals surface area contributed by atoms with Crippen LogP contribution < -0.4 is 4.74 Å². The SMILES string of the molecule is CI.O=C1C2CCN(CC2)C1COc1ccccc1. The third-order valence-electron chi connectivity index (χ3n) is 3.85. The van der Waals surface area contributed by atoms with Crippen molar-refractivity contribution < 1.29 is 9.53 Å². The Bertz CT molecular complexity index is 402. The van der Waals surface area contributed by atoms with E-state index in [9.17, 15) is 4.79 Å². The van der Waals surface area contributed by atoms with E-state index in [0.29, 0.717) is 18.3 Å². The summed E-state index contributed by atoms with van der Waals surface area (Å²) >= 11 is 2.15. The van der Waals surface area contributed by atoms with Gasteiger partial charge in [-0.15, -0.1) is 0 Å². The molecule has 0 N–H and O–H groups in total. The van der Waals surface area contributed by atoms with E-state index < -0.39 is 0 Å². The van der Waals surface area contributed by atoms with E-state index in [1.54, 1.807) is 0 Å². The molecule has 3 nitrogen and oxygen atoms in total. The number of carbonyl (C=O) groups excluding carboxylic acids is 1. The Morgan fingerprint density at radius 2 is 1.84 bits per heavy atom. The summed E-state index contributed by atoms with van der Waals surface area (Å²) in [6, 6.07) is 9.71. The predicted octanol–water partition coefficient (Wildman–Crippen LogP) is 2.78. The summed E-state index contributed by atoms with van der Waals surface area (Å²) in [7, 11) is 0. The van der Waals surface area contributed by atoms with Crippen LogP contribution in [0.25, 0.3) is 0 Å². The second-order valence-electron chi connectivity index (χ2n) is 4.85. The van der Waals surface area contributed by atoms with Crippen molar-refractivity contribution in [1.29, 1.82) is 0 Å². The third kappa shape index (κ3) is 3.48. The van der Waals surface area contributed by atoms with E-state index in [1.165, 1.54) is 0 Å². The number of ketones is 1. The second-order valence-corrected chi connectivity index (χ2v) is 4.85. The summed E-state index contributed by atoms with van der Waals surface area (Å²) in [5, 5.41) is 0. The summed E-state index contributed by atoms with van der Waals surface area (Å²) in [4.78, 5) is 16.3. The maximum absolute atomic E-state index is 12.1. The maximum Gasteiger partial charge on any atom is 0.156 e. The van der Waals surface area contributed by atoms with Crippen molar-refractivity contribution in [3.05, 3.63) is 30.3 Å². The monoisotopic (exact) mass is 373 g/mol. The number of Topliss-reactive ketones (excluding diaryl/α,β-unsaturated/α-hetero) is 1. The van der Waals surface area contributed by atoms with Gasteiger partial charge in [0.05, 0.1) is 0 Å². The van der Waals surface area contributed by atoms with Crippen LogP contribution >= 0.6 is 22.6 Å². The van der Waals surface area contributed by atoms with Crippen LogP contribution in [0.5, 0.6) is 5.75 Å². The summed E-state index contributed by atoms with van der Waals surface area (Å²) < 4.78 is 5.71. The molecule has 3 aliphatic rings. The molecule has 104 valence electrons. The van der Waals surface area contributed by atoms with Crippen molar-refractivity contribution in [2.75, 3.05) is 24.6 Å². The highest BCUT2D eigenvalue weighted by molar-refractivity contribution is 14.1. The minimum atomic E-state index is -0.0114. The largest absolute Gasteiger partial charge is 0.491 e. The fourth-order valence-electron chi connectivity index (χ4n) is 2.83. The van der Waals surface area contributed by atoms with Gasteiger partial charge >= 0.3 is 0 Å². The standard InChI is InChI=1S/C14H17NO2.CH3I/c16-14-11-6-8-15(9-7-11)13(14)10-17-12-4-2-1-3-5-12;1-2/h1-5,11,13H,6-10H2;1H3. The first-order valence-electron chi connectivity index (χ1n) is 6.68. The number of hydrogen-bond acceptors (Lipinski definition) is 3. The lowest BCUT2D eigenvalue weighted by atomic mass is 9.82. The Hall–Kier alpha value is -0.620. The van der Waals surface area contributed by atoms with E-state index in [4.69, 9.17) is 4.74 Å². The Labute approximate surface area is 128 Å². The number of benzene rings is 1. The number of halogens is 1. The van der Waals surface area contributed by atoms with Gasteiger partial charge in [0.2, 0.25) is 0 Å². The van der Waals surface area contributed by atoms with Gasteiger partial charge in [0.1, 0.15) is 18.4 Å². The molecule has 0 amide bonds. The molecular formula is C15H20INO2. The van der Waals surface area contributed by atoms with Gasteiger partial charge in [0.25, 0.3) is 0 Å². The topological polar surface area (TPSA) is 29.5 Å². The average molecular weight is 373 g/mol. The molecule has 1 aromatic rings. The van der Waals surface area contributed by atoms with E-state index in [1.807, 2.05) is 35.3 Å². The van der Waals surface area contributed by atoms with Crippen LogP contribution in [0.3, 0.4) is 0 Å². The highest BCUT2D eigenvalue weighted by Gasteiger charge is 2.41. The molecule has 0 aromatic heterocycles. The first-order chi connectivity index (χ1) is 9.34. The first-order valence-corrected chi connectivity index (χ1v) is 8.84. The van der Waals surface area contributed by atoms with Crippen LogP contribution in [0.15, 0.2) is 30.3 Å². The number of ether oxygens (including phenoxy) is 1. The highest BCUT2D eigenvalue weighted by Crippen LogP contribution is 2.29. The first kappa shape index (κ1) is 14.8. The summed E-state index contributed by atoms with van der Waals surface area (Å²) in [6.45, 7) is 2.61. The van der Waals surface area contributed by atoms with E-state index in [-0.39, 0.29) is 6.04 Å². The number of para-hydroxylation sites is 1. The van der Waals surface area contributed by atoms with Crippen LogP contribution in [0.2, 0.25) is 0 Å². The van der Waals surface area contributed by atoms with E-state index in [0.717, 1.165) is 31.7 Å². The molecule has 0 aliphatic carbocycles. The van der Waals surface area contributed by atoms with Gasteiger partial charge in [-0.2, -0.15) is 0 Å². The smallest absolute Gasteiger partial charge is 0.156 e. The number of fused-ring (bicyclic) bond motifs is 3. The number of piperidine rings is 3. The van der Waals surface area contributed by atoms with Crippen molar-refractivity contribution in [2.45, 2.75) is 18.9 Å². The molecule has 19 heavy (non-hydrogen) atoms. The fraction of sp³-hybridized carbons (Fsp3) is 0.533. The molecule has 4 rings (SSSR count). The Kier molecular flexibility index (Phi) is 5.63. The predicted molar refractivity (Wildman–Crippen MR) is 85.0 cm³/mol. The molecule has 3 aliphatic heterocycles. The zero-order chi connectivity index (χ0) is 13.7. The van der Waals surface area contributed by atoms with E-state index >= 15 is 0 Å². The number of alkyl halides is 1. The van der Waals surface area contributed by atoms with E-state index in [2.05, 4.69) is 27.5 Å². The number of rotatable bonds is 3. The zero-order valence-electron chi connectivity index (χ0n) is 11.2. The van der Waals surface area contributed by atoms with Gasteiger partial charge in [-0.25, -0.2) is 0 Å². The van der Waals surface area contributed by atoms with Crippen molar-refractivity contribution in [3.63, 3.8) is 0 Å². The molecule has 4 heteroatoms. The average Bonchev–Trinajstić information content (AvgIpc) is 2.51. The molecule has 3 fully saturated rings. The van der Waals surface area contributed by atoms with Crippen molar-refractivity contribution in [1.82, 2.24) is 4.90 Å². The third-order valence-corrected chi connectivity index (χ3v) is 3.85. The molecule has 1 unspecified atom stereocenters. The number of hydrogen-bond donors (Lipinski definition) is 0. The molecule has 2 bridgehead atoms. The Balaban J connectivity index is 0.000000637. The molecule has 3 saturated heterocycles. The van der Waals surface area contributed by atoms with Gasteiger partial charge in [-0.1, -0.05) is 40.8 Å². The Morgan fingerprint density at radius 1 is 1.21 bits per heavy atom. The van der Waals surface area contributed by atoms with Crippen LogP contribution in [0.1, 0.15) is 12.8 Å². The van der Waals surface area contributed by atoms with Crippen molar-refractivity contribution in [2.24, 2.45) is 5.92 Å². The van der Waals surface area contributed by atoms with Gasteiger partial charge < -0.3 is 4.74 Å². The molecule has 0 saturated carbocycles. The maximum atomic E-state index is 12.1. The minimum Gasteiger partial charge on any atom is -0.491 e. The second kappa shape index (κ2) is 7.24. The molecule has 1 atom stereocenters. The summed E-state index contributed by atoms with van der Waals surface area (Å²) in [5.74, 6) is 1.53. The number of carbonyl (C=O) groups is 1. The van der Waals surface area contributed by atoms with Gasteiger partial charge in [-0.05, 0) is 43.0 Å². The zero-order valence-corrected chi connectivity index (χ0v) is 13.4. The lowest BCUT2D eigenvalue weighted by molar-refractivity contribution is -0.138. The molecule has 1 aromatic carbocycles. The summed E-state index contributed by atoms with van der Waals surface area (Å²) in [6.07, 6.45) is 2.08. The minimum absolute atomic E-state index is 0.0114. The van der Waals surface area contributed by atoms with Crippen LogP contribution in [0.4, 0.5) is 0 Å². The van der Waals surface area contributed by atoms with Crippen molar-refractivity contribution >= 4 is 28.4 Å². The van der Waals surface area contributed by atoms with Gasteiger partial charge in [0, 0.05) is 5.92 Å². The highest BCUT2D eigenvalue weighted by atomic mass is 127. The molecule has 0 radical (unpaired) electrons. The van der Waals surface area contributed by atoms with Crippen molar-refractivity contribution in [3.8, 4) is 5.75 Å². The molecule has 0 spiro atoms. The van der Waals surface area contributed by atoms with Crippen LogP contribution in [-0.2, 0) is 4.79 Å². The Morgan fingerprint density at radius 3 is 2.42 bits per heavy atom. The quantitative estimate of drug-likeness (QED) is 0.603. The van der Waals surface area contributed by atoms with Crippen LogP contribution in [0, 0.1) is 5.92 Å². The van der Waals surface area contributed by atoms with Crippen LogP contribution in [-0.4, -0.2) is 41.4 Å². The molecule has 3 heterocycles. The summed E-state index contributed by atoms with van der Waals surface area (Å²) in [5.41, 5.74) is 0.